The lowest BCUT2D eigenvalue weighted by atomic mass is 9.58. The molecule has 0 radical (unpaired) electrons. The van der Waals surface area contributed by atoms with Gasteiger partial charge in [-0.25, -0.2) is 0 Å². The van der Waals surface area contributed by atoms with Crippen LogP contribution >= 0.6 is 0 Å². The van der Waals surface area contributed by atoms with E-state index in [1.165, 1.54) is 6.42 Å². The SMILES string of the molecule is CCCNC1CC(Oc2cccnc2C)C1(CC)CC. The zero-order chi connectivity index (χ0) is 14.6. The molecule has 2 unspecified atom stereocenters. The van der Waals surface area contributed by atoms with Crippen LogP contribution < -0.4 is 10.1 Å². The Morgan fingerprint density at radius 3 is 2.70 bits per heavy atom. The van der Waals surface area contributed by atoms with E-state index in [1.54, 1.807) is 0 Å². The molecule has 0 aromatic carbocycles. The Balaban J connectivity index is 2.07. The van der Waals surface area contributed by atoms with Crippen molar-refractivity contribution in [2.75, 3.05) is 6.54 Å². The minimum absolute atomic E-state index is 0.275. The van der Waals surface area contributed by atoms with Gasteiger partial charge >= 0.3 is 0 Å². The third kappa shape index (κ3) is 2.69. The van der Waals surface area contributed by atoms with Crippen molar-refractivity contribution in [2.24, 2.45) is 5.41 Å². The van der Waals surface area contributed by atoms with Crippen molar-refractivity contribution in [3.05, 3.63) is 24.0 Å². The molecule has 0 saturated heterocycles. The molecule has 1 heterocycles. The fraction of sp³-hybridized carbons (Fsp3) is 0.706. The van der Waals surface area contributed by atoms with Crippen LogP contribution in [0.5, 0.6) is 5.75 Å². The van der Waals surface area contributed by atoms with E-state index in [0.29, 0.717) is 12.1 Å². The summed E-state index contributed by atoms with van der Waals surface area (Å²) in [5.74, 6) is 0.942. The monoisotopic (exact) mass is 276 g/mol. The van der Waals surface area contributed by atoms with Gasteiger partial charge in [-0.1, -0.05) is 20.8 Å². The van der Waals surface area contributed by atoms with Crippen molar-refractivity contribution < 1.29 is 4.74 Å². The van der Waals surface area contributed by atoms with Crippen molar-refractivity contribution in [2.45, 2.75) is 65.5 Å². The Hall–Kier alpha value is -1.09. The zero-order valence-corrected chi connectivity index (χ0v) is 13.3. The van der Waals surface area contributed by atoms with Crippen LogP contribution in [-0.2, 0) is 0 Å². The zero-order valence-electron chi connectivity index (χ0n) is 13.3. The van der Waals surface area contributed by atoms with Gasteiger partial charge in [0.25, 0.3) is 0 Å². The lowest BCUT2D eigenvalue weighted by Crippen LogP contribution is -2.64. The van der Waals surface area contributed by atoms with E-state index >= 15 is 0 Å². The van der Waals surface area contributed by atoms with Gasteiger partial charge in [-0.3, -0.25) is 4.98 Å². The molecular weight excluding hydrogens is 248 g/mol. The van der Waals surface area contributed by atoms with Gasteiger partial charge in [-0.15, -0.1) is 0 Å². The molecule has 112 valence electrons. The van der Waals surface area contributed by atoms with Gasteiger partial charge in [0.15, 0.2) is 0 Å². The summed E-state index contributed by atoms with van der Waals surface area (Å²) >= 11 is 0. The van der Waals surface area contributed by atoms with Crippen LogP contribution in [-0.4, -0.2) is 23.7 Å². The summed E-state index contributed by atoms with van der Waals surface area (Å²) in [4.78, 5) is 4.32. The quantitative estimate of drug-likeness (QED) is 0.824. The maximum atomic E-state index is 6.29. The second kappa shape index (κ2) is 6.57. The van der Waals surface area contributed by atoms with E-state index in [2.05, 4.69) is 31.1 Å². The molecule has 1 N–H and O–H groups in total. The lowest BCUT2D eigenvalue weighted by molar-refractivity contribution is -0.0862. The molecule has 3 heteroatoms. The summed E-state index contributed by atoms with van der Waals surface area (Å²) in [5.41, 5.74) is 1.26. The van der Waals surface area contributed by atoms with Gasteiger partial charge in [0, 0.05) is 24.1 Å². The molecule has 0 amide bonds. The average Bonchev–Trinajstić information content (AvgIpc) is 2.45. The van der Waals surface area contributed by atoms with Crippen LogP contribution in [0.25, 0.3) is 0 Å². The topological polar surface area (TPSA) is 34.1 Å². The first-order valence-electron chi connectivity index (χ1n) is 7.99. The van der Waals surface area contributed by atoms with Gasteiger partial charge in [-0.2, -0.15) is 0 Å². The van der Waals surface area contributed by atoms with Gasteiger partial charge in [-0.05, 0) is 44.9 Å². The summed E-state index contributed by atoms with van der Waals surface area (Å²) < 4.78 is 6.29. The van der Waals surface area contributed by atoms with E-state index in [1.807, 2.05) is 25.3 Å². The van der Waals surface area contributed by atoms with E-state index in [9.17, 15) is 0 Å². The first-order valence-corrected chi connectivity index (χ1v) is 7.99. The van der Waals surface area contributed by atoms with Gasteiger partial charge in [0.1, 0.15) is 11.9 Å². The van der Waals surface area contributed by atoms with Crippen LogP contribution in [0.4, 0.5) is 0 Å². The number of aromatic nitrogens is 1. The summed E-state index contributed by atoms with van der Waals surface area (Å²) in [6.07, 6.45) is 6.75. The third-order valence-corrected chi connectivity index (χ3v) is 4.97. The minimum atomic E-state index is 0.275. The van der Waals surface area contributed by atoms with Crippen LogP contribution in [0, 0.1) is 12.3 Å². The number of pyridine rings is 1. The summed E-state index contributed by atoms with van der Waals surface area (Å²) in [6, 6.07) is 4.58. The molecule has 3 nitrogen and oxygen atoms in total. The number of nitrogens with one attached hydrogen (secondary N) is 1. The van der Waals surface area contributed by atoms with Gasteiger partial charge in [0.05, 0.1) is 5.69 Å². The maximum Gasteiger partial charge on any atom is 0.140 e. The Bertz CT molecular complexity index is 429. The summed E-state index contributed by atoms with van der Waals surface area (Å²) in [6.45, 7) is 9.91. The molecule has 2 atom stereocenters. The highest BCUT2D eigenvalue weighted by molar-refractivity contribution is 5.27. The molecule has 0 spiro atoms. The number of hydrogen-bond acceptors (Lipinski definition) is 3. The second-order valence-corrected chi connectivity index (χ2v) is 5.88. The van der Waals surface area contributed by atoms with Crippen molar-refractivity contribution in [1.29, 1.82) is 0 Å². The predicted octanol–water partition coefficient (Wildman–Crippen LogP) is 3.72. The molecule has 20 heavy (non-hydrogen) atoms. The minimum Gasteiger partial charge on any atom is -0.488 e. The summed E-state index contributed by atoms with van der Waals surface area (Å²) in [5, 5.41) is 3.70. The van der Waals surface area contributed by atoms with Crippen LogP contribution in [0.15, 0.2) is 18.3 Å². The largest absolute Gasteiger partial charge is 0.488 e. The number of ether oxygens (including phenoxy) is 1. The smallest absolute Gasteiger partial charge is 0.140 e. The Labute approximate surface area is 123 Å². The third-order valence-electron chi connectivity index (χ3n) is 4.97. The van der Waals surface area contributed by atoms with E-state index in [-0.39, 0.29) is 5.41 Å². The highest BCUT2D eigenvalue weighted by Crippen LogP contribution is 2.49. The van der Waals surface area contributed by atoms with Crippen LogP contribution in [0.3, 0.4) is 0 Å². The summed E-state index contributed by atoms with van der Waals surface area (Å²) in [7, 11) is 0. The van der Waals surface area contributed by atoms with Crippen molar-refractivity contribution in [1.82, 2.24) is 10.3 Å². The first-order chi connectivity index (χ1) is 9.67. The molecule has 1 aliphatic carbocycles. The van der Waals surface area contributed by atoms with E-state index in [4.69, 9.17) is 4.74 Å². The lowest BCUT2D eigenvalue weighted by Gasteiger charge is -2.55. The molecule has 1 aliphatic rings. The first kappa shape index (κ1) is 15.3. The van der Waals surface area contributed by atoms with Gasteiger partial charge in [0.2, 0.25) is 0 Å². The highest BCUT2D eigenvalue weighted by atomic mass is 16.5. The average molecular weight is 276 g/mol. The van der Waals surface area contributed by atoms with Crippen molar-refractivity contribution in [3.63, 3.8) is 0 Å². The maximum absolute atomic E-state index is 6.29. The molecule has 1 saturated carbocycles. The standard InChI is InChI=1S/C17H28N2O/c1-5-10-19-15-12-16(17(15,6-2)7-3)20-14-9-8-11-18-13(14)4/h8-9,11,15-16,19H,5-7,10,12H2,1-4H3. The molecule has 0 bridgehead atoms. The number of aryl methyl sites for hydroxylation is 1. The Morgan fingerprint density at radius 1 is 1.35 bits per heavy atom. The normalized spacial score (nSPS) is 24.2. The fourth-order valence-corrected chi connectivity index (χ4v) is 3.46. The molecule has 0 aliphatic heterocycles. The Kier molecular flexibility index (Phi) is 5.03. The number of hydrogen-bond donors (Lipinski definition) is 1. The van der Waals surface area contributed by atoms with E-state index in [0.717, 1.165) is 37.3 Å². The number of rotatable bonds is 7. The molecule has 1 aromatic heterocycles. The highest BCUT2D eigenvalue weighted by Gasteiger charge is 2.54. The van der Waals surface area contributed by atoms with E-state index < -0.39 is 0 Å². The Morgan fingerprint density at radius 2 is 2.10 bits per heavy atom. The molecule has 2 rings (SSSR count). The van der Waals surface area contributed by atoms with Gasteiger partial charge < -0.3 is 10.1 Å². The fourth-order valence-electron chi connectivity index (χ4n) is 3.46. The van der Waals surface area contributed by atoms with Crippen LogP contribution in [0.2, 0.25) is 0 Å². The number of nitrogens with zero attached hydrogens (tertiary/aromatic N) is 1. The van der Waals surface area contributed by atoms with Crippen molar-refractivity contribution in [3.8, 4) is 5.75 Å². The second-order valence-electron chi connectivity index (χ2n) is 5.88. The molecular formula is C17H28N2O. The van der Waals surface area contributed by atoms with Crippen LogP contribution in [0.1, 0.15) is 52.1 Å². The van der Waals surface area contributed by atoms with Crippen molar-refractivity contribution >= 4 is 0 Å². The predicted molar refractivity (Wildman–Crippen MR) is 83.1 cm³/mol. The molecule has 1 aromatic rings. The molecule has 1 fully saturated rings.